The van der Waals surface area contributed by atoms with Crippen LogP contribution in [0.4, 0.5) is 19.3 Å². The predicted octanol–water partition coefficient (Wildman–Crippen LogP) is 2.88. The van der Waals surface area contributed by atoms with Crippen molar-refractivity contribution in [3.05, 3.63) is 29.8 Å². The lowest BCUT2D eigenvalue weighted by Crippen LogP contribution is -2.38. The third-order valence-corrected chi connectivity index (χ3v) is 3.24. The first-order chi connectivity index (χ1) is 9.47. The molecule has 0 aromatic heterocycles. The largest absolute Gasteiger partial charge is 0.391 e. The van der Waals surface area contributed by atoms with E-state index in [4.69, 9.17) is 0 Å². The van der Waals surface area contributed by atoms with Gasteiger partial charge in [0.05, 0.1) is 11.8 Å². The molecule has 1 aromatic carbocycles. The van der Waals surface area contributed by atoms with Crippen LogP contribution in [0.3, 0.4) is 0 Å². The Labute approximate surface area is 117 Å². The highest BCUT2D eigenvalue weighted by molar-refractivity contribution is 5.89. The molecule has 0 spiro atoms. The number of halogens is 2. The van der Waals surface area contributed by atoms with Crippen LogP contribution in [0.1, 0.15) is 26.7 Å². The van der Waals surface area contributed by atoms with Gasteiger partial charge in [-0.3, -0.25) is 0 Å². The van der Waals surface area contributed by atoms with Crippen LogP contribution in [0.15, 0.2) is 18.2 Å². The van der Waals surface area contributed by atoms with E-state index in [1.54, 1.807) is 0 Å². The molecule has 1 rings (SSSR count). The van der Waals surface area contributed by atoms with Gasteiger partial charge in [-0.1, -0.05) is 26.7 Å². The van der Waals surface area contributed by atoms with Crippen molar-refractivity contribution >= 4 is 11.7 Å². The molecule has 0 aliphatic heterocycles. The standard InChI is InChI=1S/C14H20F2N2O2/c1-3-9(4-2)13(19)8-17-14(20)18-12-7-10(15)5-6-11(12)16/h5-7,9,13,19H,3-4,8H2,1-2H3,(H2,17,18,20). The Balaban J connectivity index is 2.50. The molecule has 20 heavy (non-hydrogen) atoms. The summed E-state index contributed by atoms with van der Waals surface area (Å²) in [5.74, 6) is -1.26. The van der Waals surface area contributed by atoms with Crippen molar-refractivity contribution in [2.45, 2.75) is 32.8 Å². The first-order valence-corrected chi connectivity index (χ1v) is 6.65. The van der Waals surface area contributed by atoms with Crippen LogP contribution in [-0.2, 0) is 0 Å². The van der Waals surface area contributed by atoms with Crippen LogP contribution in [0.2, 0.25) is 0 Å². The van der Waals surface area contributed by atoms with Crippen LogP contribution < -0.4 is 10.6 Å². The molecular formula is C14H20F2N2O2. The van der Waals surface area contributed by atoms with Crippen LogP contribution >= 0.6 is 0 Å². The number of aliphatic hydroxyl groups is 1. The number of hydrogen-bond acceptors (Lipinski definition) is 2. The lowest BCUT2D eigenvalue weighted by atomic mass is 9.97. The Kier molecular flexibility index (Phi) is 6.38. The van der Waals surface area contributed by atoms with Crippen molar-refractivity contribution in [3.8, 4) is 0 Å². The number of hydrogen-bond donors (Lipinski definition) is 3. The van der Waals surface area contributed by atoms with E-state index in [1.165, 1.54) is 0 Å². The van der Waals surface area contributed by atoms with E-state index in [0.717, 1.165) is 31.0 Å². The van der Waals surface area contributed by atoms with Gasteiger partial charge in [0.15, 0.2) is 0 Å². The molecule has 6 heteroatoms. The van der Waals surface area contributed by atoms with E-state index in [2.05, 4.69) is 10.6 Å². The summed E-state index contributed by atoms with van der Waals surface area (Å²) < 4.78 is 26.2. The molecule has 0 saturated carbocycles. The summed E-state index contributed by atoms with van der Waals surface area (Å²) >= 11 is 0. The van der Waals surface area contributed by atoms with Crippen LogP contribution in [0.25, 0.3) is 0 Å². The fourth-order valence-electron chi connectivity index (χ4n) is 1.96. The molecule has 0 aliphatic carbocycles. The lowest BCUT2D eigenvalue weighted by Gasteiger charge is -2.20. The van der Waals surface area contributed by atoms with Crippen LogP contribution in [-0.4, -0.2) is 23.8 Å². The highest BCUT2D eigenvalue weighted by Crippen LogP contribution is 2.15. The highest BCUT2D eigenvalue weighted by atomic mass is 19.1. The van der Waals surface area contributed by atoms with Gasteiger partial charge in [0.2, 0.25) is 0 Å². The van der Waals surface area contributed by atoms with E-state index in [-0.39, 0.29) is 18.2 Å². The fraction of sp³-hybridized carbons (Fsp3) is 0.500. The summed E-state index contributed by atoms with van der Waals surface area (Å²) in [6.45, 7) is 3.98. The minimum absolute atomic E-state index is 0.0646. The molecule has 1 atom stereocenters. The van der Waals surface area contributed by atoms with Crippen molar-refractivity contribution in [2.24, 2.45) is 5.92 Å². The minimum atomic E-state index is -0.720. The Bertz CT molecular complexity index is 451. The average Bonchev–Trinajstić information content (AvgIpc) is 2.42. The van der Waals surface area contributed by atoms with Crippen molar-refractivity contribution in [3.63, 3.8) is 0 Å². The number of amides is 2. The normalized spacial score (nSPS) is 12.3. The molecule has 2 amide bonds. The van der Waals surface area contributed by atoms with Crippen molar-refractivity contribution in [1.82, 2.24) is 5.32 Å². The molecule has 0 heterocycles. The fourth-order valence-corrected chi connectivity index (χ4v) is 1.96. The maximum Gasteiger partial charge on any atom is 0.319 e. The molecule has 0 radical (unpaired) electrons. The van der Waals surface area contributed by atoms with Gasteiger partial charge in [0.25, 0.3) is 0 Å². The van der Waals surface area contributed by atoms with Gasteiger partial charge in [-0.15, -0.1) is 0 Å². The van der Waals surface area contributed by atoms with Gasteiger partial charge >= 0.3 is 6.03 Å². The van der Waals surface area contributed by atoms with Gasteiger partial charge in [0.1, 0.15) is 11.6 Å². The zero-order chi connectivity index (χ0) is 15.1. The highest BCUT2D eigenvalue weighted by Gasteiger charge is 2.16. The number of anilines is 1. The number of aliphatic hydroxyl groups excluding tert-OH is 1. The first-order valence-electron chi connectivity index (χ1n) is 6.65. The summed E-state index contributed by atoms with van der Waals surface area (Å²) in [6, 6.07) is 2.12. The zero-order valence-corrected chi connectivity index (χ0v) is 11.6. The molecular weight excluding hydrogens is 266 g/mol. The second kappa shape index (κ2) is 7.79. The average molecular weight is 286 g/mol. The molecule has 0 fully saturated rings. The first kappa shape index (κ1) is 16.4. The number of rotatable bonds is 6. The number of carbonyl (C=O) groups is 1. The van der Waals surface area contributed by atoms with Crippen LogP contribution in [0, 0.1) is 17.6 Å². The lowest BCUT2D eigenvalue weighted by molar-refractivity contribution is 0.104. The van der Waals surface area contributed by atoms with Crippen molar-refractivity contribution in [2.75, 3.05) is 11.9 Å². The Morgan fingerprint density at radius 2 is 1.95 bits per heavy atom. The van der Waals surface area contributed by atoms with Crippen molar-refractivity contribution < 1.29 is 18.7 Å². The summed E-state index contributed by atoms with van der Waals surface area (Å²) in [7, 11) is 0. The topological polar surface area (TPSA) is 61.4 Å². The number of nitrogens with one attached hydrogen (secondary N) is 2. The maximum absolute atomic E-state index is 13.3. The molecule has 4 nitrogen and oxygen atoms in total. The Hall–Kier alpha value is -1.69. The molecule has 1 unspecified atom stereocenters. The number of benzene rings is 1. The quantitative estimate of drug-likeness (QED) is 0.753. The third kappa shape index (κ3) is 4.77. The maximum atomic E-state index is 13.3. The molecule has 0 bridgehead atoms. The van der Waals surface area contributed by atoms with Gasteiger partial charge in [-0.05, 0) is 18.1 Å². The zero-order valence-electron chi connectivity index (χ0n) is 11.6. The van der Waals surface area contributed by atoms with Gasteiger partial charge in [-0.25, -0.2) is 13.6 Å². The smallest absolute Gasteiger partial charge is 0.319 e. The van der Waals surface area contributed by atoms with E-state index < -0.39 is 23.8 Å². The molecule has 112 valence electrons. The summed E-state index contributed by atoms with van der Waals surface area (Å²) in [5.41, 5.74) is -0.237. The SMILES string of the molecule is CCC(CC)C(O)CNC(=O)Nc1cc(F)ccc1F. The van der Waals surface area contributed by atoms with Crippen molar-refractivity contribution in [1.29, 1.82) is 0 Å². The summed E-state index contributed by atoms with van der Waals surface area (Å²) in [5, 5.41) is 14.5. The molecule has 3 N–H and O–H groups in total. The van der Waals surface area contributed by atoms with E-state index >= 15 is 0 Å². The van der Waals surface area contributed by atoms with E-state index in [9.17, 15) is 18.7 Å². The second-order valence-electron chi connectivity index (χ2n) is 4.60. The molecule has 0 aliphatic rings. The minimum Gasteiger partial charge on any atom is -0.391 e. The van der Waals surface area contributed by atoms with E-state index in [1.807, 2.05) is 13.8 Å². The monoisotopic (exact) mass is 286 g/mol. The van der Waals surface area contributed by atoms with Gasteiger partial charge in [-0.2, -0.15) is 0 Å². The predicted molar refractivity (Wildman–Crippen MR) is 73.5 cm³/mol. The number of urea groups is 1. The van der Waals surface area contributed by atoms with E-state index in [0.29, 0.717) is 0 Å². The summed E-state index contributed by atoms with van der Waals surface area (Å²) in [4.78, 5) is 11.6. The van der Waals surface area contributed by atoms with Gasteiger partial charge in [0, 0.05) is 12.6 Å². The summed E-state index contributed by atoms with van der Waals surface area (Å²) in [6.07, 6.45) is 0.951. The van der Waals surface area contributed by atoms with Gasteiger partial charge < -0.3 is 15.7 Å². The molecule has 0 saturated heterocycles. The van der Waals surface area contributed by atoms with Crippen LogP contribution in [0.5, 0.6) is 0 Å². The third-order valence-electron chi connectivity index (χ3n) is 3.24. The molecule has 1 aromatic rings. The second-order valence-corrected chi connectivity index (χ2v) is 4.60. The number of carbonyl (C=O) groups excluding carboxylic acids is 1. The Morgan fingerprint density at radius 1 is 1.30 bits per heavy atom. The Morgan fingerprint density at radius 3 is 2.55 bits per heavy atom.